The van der Waals surface area contributed by atoms with Gasteiger partial charge in [-0.25, -0.2) is 0 Å². The Bertz CT molecular complexity index is 599. The minimum absolute atomic E-state index is 0.428. The fourth-order valence-corrected chi connectivity index (χ4v) is 1.16. The lowest BCUT2D eigenvalue weighted by atomic mass is 10.3. The molecule has 0 saturated carbocycles. The minimum atomic E-state index is -1.08. The molecule has 1 heterocycles. The van der Waals surface area contributed by atoms with E-state index in [1.165, 1.54) is 0 Å². The average Bonchev–Trinajstić information content (AvgIpc) is 2.28. The monoisotopic (exact) mass is 190 g/mol. The molecular formula is C9H6N2O3. The number of benzene rings is 1. The smallest absolute Gasteiger partial charge is 0.307 e. The summed E-state index contributed by atoms with van der Waals surface area (Å²) in [6, 6.07) is 6.60. The summed E-state index contributed by atoms with van der Waals surface area (Å²) in [5.74, 6) is 0. The Hall–Kier alpha value is -2.17. The zero-order valence-corrected chi connectivity index (χ0v) is 7.03. The number of aromatic amines is 2. The quantitative estimate of drug-likeness (QED) is 0.553. The maximum atomic E-state index is 11.1. The number of H-pyrrole nitrogens is 2. The Morgan fingerprint density at radius 3 is 1.64 bits per heavy atom. The molecular weight excluding hydrogens is 184 g/mol. The van der Waals surface area contributed by atoms with E-state index >= 15 is 0 Å². The zero-order chi connectivity index (χ0) is 10.1. The maximum Gasteiger partial charge on any atom is 0.307 e. The van der Waals surface area contributed by atoms with Crippen LogP contribution in [0.2, 0.25) is 0 Å². The van der Waals surface area contributed by atoms with Gasteiger partial charge in [0.25, 0.3) is 0 Å². The van der Waals surface area contributed by atoms with Gasteiger partial charge in [0.15, 0.2) is 0 Å². The van der Waals surface area contributed by atoms with E-state index < -0.39 is 16.5 Å². The van der Waals surface area contributed by atoms with Crippen LogP contribution in [-0.2, 0) is 0 Å². The van der Waals surface area contributed by atoms with Crippen LogP contribution in [0, 0.1) is 0 Å². The highest BCUT2D eigenvalue weighted by Crippen LogP contribution is 2.01. The molecule has 14 heavy (non-hydrogen) atoms. The van der Waals surface area contributed by atoms with Crippen LogP contribution in [0.4, 0.5) is 0 Å². The second kappa shape index (κ2) is 2.95. The summed E-state index contributed by atoms with van der Waals surface area (Å²) >= 11 is 0. The van der Waals surface area contributed by atoms with Gasteiger partial charge in [-0.15, -0.1) is 0 Å². The van der Waals surface area contributed by atoms with Crippen molar-refractivity contribution in [2.45, 2.75) is 0 Å². The summed E-state index contributed by atoms with van der Waals surface area (Å²) in [6.45, 7) is 0. The third-order valence-electron chi connectivity index (χ3n) is 1.84. The molecule has 1 aromatic carbocycles. The van der Waals surface area contributed by atoms with Crippen molar-refractivity contribution in [3.05, 3.63) is 55.2 Å². The van der Waals surface area contributed by atoms with E-state index in [9.17, 15) is 14.4 Å². The number of fused-ring (bicyclic) bond motifs is 1. The molecule has 0 aliphatic heterocycles. The number of aromatic nitrogens is 2. The largest absolute Gasteiger partial charge is 0.317 e. The van der Waals surface area contributed by atoms with Gasteiger partial charge in [0.05, 0.1) is 11.0 Å². The second-order valence-corrected chi connectivity index (χ2v) is 2.78. The molecule has 0 saturated heterocycles. The van der Waals surface area contributed by atoms with Gasteiger partial charge in [0.1, 0.15) is 0 Å². The number of nitrogens with one attached hydrogen (secondary N) is 2. The van der Waals surface area contributed by atoms with Crippen molar-refractivity contribution >= 4 is 11.0 Å². The summed E-state index contributed by atoms with van der Waals surface area (Å²) < 4.78 is 0. The Morgan fingerprint density at radius 1 is 0.786 bits per heavy atom. The molecule has 0 radical (unpaired) electrons. The SMILES string of the molecule is O=c1[nH]c2ccccc2[nH]c(=O)c1=O. The summed E-state index contributed by atoms with van der Waals surface area (Å²) in [5.41, 5.74) is -2.05. The van der Waals surface area contributed by atoms with E-state index in [2.05, 4.69) is 9.97 Å². The van der Waals surface area contributed by atoms with E-state index in [1.54, 1.807) is 24.3 Å². The van der Waals surface area contributed by atoms with Crippen LogP contribution in [0.15, 0.2) is 38.6 Å². The van der Waals surface area contributed by atoms with E-state index in [0.717, 1.165) is 0 Å². The Balaban J connectivity index is 3.19. The van der Waals surface area contributed by atoms with Gasteiger partial charge < -0.3 is 9.97 Å². The summed E-state index contributed by atoms with van der Waals surface area (Å²) in [6.07, 6.45) is 0. The lowest BCUT2D eigenvalue weighted by Crippen LogP contribution is -2.36. The molecule has 2 rings (SSSR count). The molecule has 0 amide bonds. The van der Waals surface area contributed by atoms with Crippen LogP contribution in [-0.4, -0.2) is 9.97 Å². The second-order valence-electron chi connectivity index (χ2n) is 2.78. The van der Waals surface area contributed by atoms with Crippen LogP contribution in [0.3, 0.4) is 0 Å². The average molecular weight is 190 g/mol. The molecule has 0 bridgehead atoms. The highest BCUT2D eigenvalue weighted by atomic mass is 16.2. The Morgan fingerprint density at radius 2 is 1.21 bits per heavy atom. The van der Waals surface area contributed by atoms with Crippen molar-refractivity contribution in [2.24, 2.45) is 0 Å². The fourth-order valence-electron chi connectivity index (χ4n) is 1.16. The van der Waals surface area contributed by atoms with Gasteiger partial charge in [0.2, 0.25) is 0 Å². The molecule has 0 atom stereocenters. The first-order valence-corrected chi connectivity index (χ1v) is 3.94. The lowest BCUT2D eigenvalue weighted by Gasteiger charge is -1.87. The first-order chi connectivity index (χ1) is 6.68. The molecule has 5 heteroatoms. The minimum Gasteiger partial charge on any atom is -0.317 e. The van der Waals surface area contributed by atoms with E-state index in [4.69, 9.17) is 0 Å². The predicted octanol–water partition coefficient (Wildman–Crippen LogP) is -0.423. The molecule has 0 fully saturated rings. The fraction of sp³-hybridized carbons (Fsp3) is 0. The molecule has 5 nitrogen and oxygen atoms in total. The van der Waals surface area contributed by atoms with Gasteiger partial charge in [-0.1, -0.05) is 12.1 Å². The van der Waals surface area contributed by atoms with Crippen molar-refractivity contribution in [1.82, 2.24) is 9.97 Å². The third-order valence-corrected chi connectivity index (χ3v) is 1.84. The van der Waals surface area contributed by atoms with Crippen LogP contribution in [0.5, 0.6) is 0 Å². The lowest BCUT2D eigenvalue weighted by molar-refractivity contribution is 1.22. The first kappa shape index (κ1) is 8.43. The van der Waals surface area contributed by atoms with Crippen LogP contribution in [0.1, 0.15) is 0 Å². The van der Waals surface area contributed by atoms with Gasteiger partial charge in [-0.2, -0.15) is 0 Å². The van der Waals surface area contributed by atoms with Gasteiger partial charge in [-0.05, 0) is 12.1 Å². The van der Waals surface area contributed by atoms with Crippen LogP contribution < -0.4 is 16.5 Å². The summed E-state index contributed by atoms with van der Waals surface area (Å²) in [7, 11) is 0. The topological polar surface area (TPSA) is 82.8 Å². The van der Waals surface area contributed by atoms with Crippen molar-refractivity contribution < 1.29 is 0 Å². The van der Waals surface area contributed by atoms with Crippen molar-refractivity contribution in [3.63, 3.8) is 0 Å². The molecule has 2 N–H and O–H groups in total. The standard InChI is InChI=1S/C9H6N2O3/c12-7-8(13)10-5-3-1-2-4-6(5)11-9(7)14/h1-4H,(H2,10,11,12,13,14). The molecule has 1 aromatic heterocycles. The van der Waals surface area contributed by atoms with Crippen molar-refractivity contribution in [2.75, 3.05) is 0 Å². The Labute approximate surface area is 77.0 Å². The first-order valence-electron chi connectivity index (χ1n) is 3.94. The Kier molecular flexibility index (Phi) is 1.78. The molecule has 70 valence electrons. The van der Waals surface area contributed by atoms with Gasteiger partial charge in [-0.3, -0.25) is 14.4 Å². The maximum absolute atomic E-state index is 11.1. The van der Waals surface area contributed by atoms with Crippen LogP contribution in [0.25, 0.3) is 11.0 Å². The van der Waals surface area contributed by atoms with E-state index in [1.807, 2.05) is 0 Å². The number of hydrogen-bond donors (Lipinski definition) is 2. The molecule has 2 aromatic rings. The zero-order valence-electron chi connectivity index (χ0n) is 7.03. The highest BCUT2D eigenvalue weighted by Gasteiger charge is 1.99. The van der Waals surface area contributed by atoms with Crippen molar-refractivity contribution in [3.8, 4) is 0 Å². The molecule has 0 aliphatic carbocycles. The normalized spacial score (nSPS) is 10.3. The highest BCUT2D eigenvalue weighted by molar-refractivity contribution is 5.72. The summed E-state index contributed by atoms with van der Waals surface area (Å²) in [4.78, 5) is 37.8. The van der Waals surface area contributed by atoms with Crippen molar-refractivity contribution in [1.29, 1.82) is 0 Å². The molecule has 0 spiro atoms. The number of hydrogen-bond acceptors (Lipinski definition) is 3. The third kappa shape index (κ3) is 1.24. The number of rotatable bonds is 0. The number of para-hydroxylation sites is 2. The van der Waals surface area contributed by atoms with Gasteiger partial charge in [0, 0.05) is 0 Å². The van der Waals surface area contributed by atoms with Crippen LogP contribution >= 0.6 is 0 Å². The molecule has 0 aliphatic rings. The van der Waals surface area contributed by atoms with Gasteiger partial charge >= 0.3 is 16.5 Å². The van der Waals surface area contributed by atoms with E-state index in [-0.39, 0.29) is 0 Å². The predicted molar refractivity (Wildman–Crippen MR) is 51.5 cm³/mol. The molecule has 0 unspecified atom stereocenters. The van der Waals surface area contributed by atoms with E-state index in [0.29, 0.717) is 11.0 Å². The summed E-state index contributed by atoms with van der Waals surface area (Å²) in [5, 5.41) is 0.